The standard InChI is InChI=1S/C5H8F3NO/c6-5(7,8)4-3(9)1-2-10-4/h3-4H,1-2,9H2/t3-,4-/m1/s1. The van der Waals surface area contributed by atoms with Crippen LogP contribution in [0.2, 0.25) is 0 Å². The van der Waals surface area contributed by atoms with E-state index in [9.17, 15) is 13.2 Å². The van der Waals surface area contributed by atoms with Gasteiger partial charge in [-0.05, 0) is 6.42 Å². The van der Waals surface area contributed by atoms with Gasteiger partial charge in [0.15, 0.2) is 6.10 Å². The summed E-state index contributed by atoms with van der Waals surface area (Å²) in [6.07, 6.45) is -5.74. The molecule has 60 valence electrons. The maximum atomic E-state index is 11.8. The zero-order chi connectivity index (χ0) is 7.78. The lowest BCUT2D eigenvalue weighted by Crippen LogP contribution is -2.41. The van der Waals surface area contributed by atoms with Crippen LogP contribution in [0.15, 0.2) is 0 Å². The molecular formula is C5H8F3NO. The number of rotatable bonds is 0. The predicted octanol–water partition coefficient (Wildman–Crippen LogP) is 0.665. The summed E-state index contributed by atoms with van der Waals surface area (Å²) in [7, 11) is 0. The second kappa shape index (κ2) is 2.39. The van der Waals surface area contributed by atoms with E-state index in [-0.39, 0.29) is 6.61 Å². The van der Waals surface area contributed by atoms with Gasteiger partial charge in [-0.25, -0.2) is 0 Å². The van der Waals surface area contributed by atoms with Gasteiger partial charge in [0.05, 0.1) is 0 Å². The van der Waals surface area contributed by atoms with E-state index < -0.39 is 18.3 Å². The van der Waals surface area contributed by atoms with Gasteiger partial charge < -0.3 is 10.5 Å². The van der Waals surface area contributed by atoms with Crippen molar-refractivity contribution in [1.29, 1.82) is 0 Å². The Hall–Kier alpha value is -0.290. The average Bonchev–Trinajstić information content (AvgIpc) is 2.11. The van der Waals surface area contributed by atoms with Crippen LogP contribution in [0.3, 0.4) is 0 Å². The van der Waals surface area contributed by atoms with Gasteiger partial charge in [0.1, 0.15) is 0 Å². The topological polar surface area (TPSA) is 35.2 Å². The minimum absolute atomic E-state index is 0.116. The molecule has 0 unspecified atom stereocenters. The number of alkyl halides is 3. The minimum atomic E-state index is -4.30. The third-order valence-corrected chi connectivity index (χ3v) is 1.46. The SMILES string of the molecule is N[C@@H]1CCO[C@H]1C(F)(F)F. The highest BCUT2D eigenvalue weighted by molar-refractivity contribution is 4.84. The molecular weight excluding hydrogens is 147 g/mol. The summed E-state index contributed by atoms with van der Waals surface area (Å²) in [6, 6.07) is -0.875. The average molecular weight is 155 g/mol. The van der Waals surface area contributed by atoms with Crippen LogP contribution in [0.25, 0.3) is 0 Å². The molecule has 0 bridgehead atoms. The summed E-state index contributed by atoms with van der Waals surface area (Å²) in [4.78, 5) is 0. The van der Waals surface area contributed by atoms with E-state index >= 15 is 0 Å². The van der Waals surface area contributed by atoms with E-state index in [2.05, 4.69) is 4.74 Å². The molecule has 0 aromatic carbocycles. The first-order valence-corrected chi connectivity index (χ1v) is 2.95. The van der Waals surface area contributed by atoms with Crippen molar-refractivity contribution in [3.63, 3.8) is 0 Å². The van der Waals surface area contributed by atoms with Crippen molar-refractivity contribution in [1.82, 2.24) is 0 Å². The summed E-state index contributed by atoms with van der Waals surface area (Å²) in [5, 5.41) is 0. The van der Waals surface area contributed by atoms with Gasteiger partial charge in [-0.3, -0.25) is 0 Å². The van der Waals surface area contributed by atoms with Gasteiger partial charge in [0.2, 0.25) is 0 Å². The maximum Gasteiger partial charge on any atom is 0.416 e. The molecule has 1 aliphatic rings. The molecule has 1 aliphatic heterocycles. The lowest BCUT2D eigenvalue weighted by molar-refractivity contribution is -0.209. The van der Waals surface area contributed by atoms with E-state index in [4.69, 9.17) is 5.73 Å². The molecule has 1 saturated heterocycles. The number of halogens is 3. The van der Waals surface area contributed by atoms with Crippen molar-refractivity contribution < 1.29 is 17.9 Å². The van der Waals surface area contributed by atoms with Crippen molar-refractivity contribution in [3.8, 4) is 0 Å². The van der Waals surface area contributed by atoms with Gasteiger partial charge in [-0.1, -0.05) is 0 Å². The Morgan fingerprint density at radius 2 is 2.00 bits per heavy atom. The van der Waals surface area contributed by atoms with E-state index in [1.807, 2.05) is 0 Å². The van der Waals surface area contributed by atoms with Crippen LogP contribution in [0.1, 0.15) is 6.42 Å². The fourth-order valence-corrected chi connectivity index (χ4v) is 0.943. The van der Waals surface area contributed by atoms with Gasteiger partial charge in [0.25, 0.3) is 0 Å². The molecule has 0 aliphatic carbocycles. The van der Waals surface area contributed by atoms with Crippen LogP contribution in [0, 0.1) is 0 Å². The molecule has 5 heteroatoms. The Balaban J connectivity index is 2.55. The molecule has 0 spiro atoms. The molecule has 2 nitrogen and oxygen atoms in total. The molecule has 1 heterocycles. The molecule has 2 atom stereocenters. The molecule has 10 heavy (non-hydrogen) atoms. The maximum absolute atomic E-state index is 11.8. The van der Waals surface area contributed by atoms with Crippen molar-refractivity contribution in [3.05, 3.63) is 0 Å². The van der Waals surface area contributed by atoms with Crippen molar-refractivity contribution in [2.75, 3.05) is 6.61 Å². The predicted molar refractivity (Wildman–Crippen MR) is 28.4 cm³/mol. The molecule has 0 amide bonds. The summed E-state index contributed by atoms with van der Waals surface area (Å²) >= 11 is 0. The van der Waals surface area contributed by atoms with Crippen LogP contribution in [-0.2, 0) is 4.74 Å². The normalized spacial score (nSPS) is 34.8. The van der Waals surface area contributed by atoms with Crippen molar-refractivity contribution >= 4 is 0 Å². The molecule has 0 aromatic rings. The molecule has 1 fully saturated rings. The molecule has 2 N–H and O–H groups in total. The first-order valence-electron chi connectivity index (χ1n) is 2.95. The Morgan fingerprint density at radius 1 is 1.40 bits per heavy atom. The van der Waals surface area contributed by atoms with Crippen LogP contribution < -0.4 is 5.73 Å². The lowest BCUT2D eigenvalue weighted by Gasteiger charge is -2.17. The molecule has 0 radical (unpaired) electrons. The van der Waals surface area contributed by atoms with Crippen LogP contribution in [-0.4, -0.2) is 24.9 Å². The minimum Gasteiger partial charge on any atom is -0.367 e. The van der Waals surface area contributed by atoms with Crippen LogP contribution in [0.5, 0.6) is 0 Å². The highest BCUT2D eigenvalue weighted by atomic mass is 19.4. The van der Waals surface area contributed by atoms with Crippen molar-refractivity contribution in [2.45, 2.75) is 24.7 Å². The molecule has 0 saturated carbocycles. The first-order chi connectivity index (χ1) is 4.52. The zero-order valence-electron chi connectivity index (χ0n) is 5.19. The van der Waals surface area contributed by atoms with E-state index in [1.54, 1.807) is 0 Å². The summed E-state index contributed by atoms with van der Waals surface area (Å²) in [5.41, 5.74) is 5.12. The van der Waals surface area contributed by atoms with Gasteiger partial charge >= 0.3 is 6.18 Å². The number of hydrogen-bond acceptors (Lipinski definition) is 2. The van der Waals surface area contributed by atoms with Gasteiger partial charge in [-0.15, -0.1) is 0 Å². The monoisotopic (exact) mass is 155 g/mol. The van der Waals surface area contributed by atoms with Gasteiger partial charge in [0, 0.05) is 12.6 Å². The summed E-state index contributed by atoms with van der Waals surface area (Å²) < 4.78 is 39.8. The number of nitrogens with two attached hydrogens (primary N) is 1. The van der Waals surface area contributed by atoms with Crippen LogP contribution >= 0.6 is 0 Å². The zero-order valence-corrected chi connectivity index (χ0v) is 5.19. The molecule has 0 aromatic heterocycles. The second-order valence-electron chi connectivity index (χ2n) is 2.29. The highest BCUT2D eigenvalue weighted by Crippen LogP contribution is 2.29. The summed E-state index contributed by atoms with van der Waals surface area (Å²) in [5.74, 6) is 0. The van der Waals surface area contributed by atoms with E-state index in [1.165, 1.54) is 0 Å². The van der Waals surface area contributed by atoms with Crippen molar-refractivity contribution in [2.24, 2.45) is 5.73 Å². The summed E-state index contributed by atoms with van der Waals surface area (Å²) in [6.45, 7) is 0.116. The quantitative estimate of drug-likeness (QED) is 0.557. The third-order valence-electron chi connectivity index (χ3n) is 1.46. The Labute approximate surface area is 56.1 Å². The smallest absolute Gasteiger partial charge is 0.367 e. The number of ether oxygens (including phenoxy) is 1. The Bertz CT molecular complexity index is 125. The third kappa shape index (κ3) is 1.41. The lowest BCUT2D eigenvalue weighted by atomic mass is 10.1. The fraction of sp³-hybridized carbons (Fsp3) is 1.00. The number of hydrogen-bond donors (Lipinski definition) is 1. The first kappa shape index (κ1) is 7.81. The largest absolute Gasteiger partial charge is 0.416 e. The second-order valence-corrected chi connectivity index (χ2v) is 2.29. The van der Waals surface area contributed by atoms with E-state index in [0.29, 0.717) is 6.42 Å². The van der Waals surface area contributed by atoms with Gasteiger partial charge in [-0.2, -0.15) is 13.2 Å². The highest BCUT2D eigenvalue weighted by Gasteiger charge is 2.47. The molecule has 1 rings (SSSR count). The Kier molecular flexibility index (Phi) is 1.87. The fourth-order valence-electron chi connectivity index (χ4n) is 0.943. The Morgan fingerprint density at radius 3 is 2.20 bits per heavy atom. The van der Waals surface area contributed by atoms with E-state index in [0.717, 1.165) is 0 Å². The van der Waals surface area contributed by atoms with Crippen LogP contribution in [0.4, 0.5) is 13.2 Å².